The number of nitrogens with zero attached hydrogens (tertiary/aromatic N) is 1. The van der Waals surface area contributed by atoms with Gasteiger partial charge in [-0.15, -0.1) is 0 Å². The number of furan rings is 1. The Kier molecular flexibility index (Phi) is 6.78. The van der Waals surface area contributed by atoms with Crippen LogP contribution in [0.25, 0.3) is 0 Å². The Morgan fingerprint density at radius 2 is 1.73 bits per heavy atom. The molecule has 0 saturated heterocycles. The molecule has 164 valence electrons. The predicted octanol–water partition coefficient (Wildman–Crippen LogP) is 3.14. The number of nitrogens with one attached hydrogen (secondary N) is 2. The van der Waals surface area contributed by atoms with Crippen LogP contribution in [0.3, 0.4) is 0 Å². The van der Waals surface area contributed by atoms with Crippen molar-refractivity contribution in [2.45, 2.75) is 31.5 Å². The molecule has 2 amide bonds. The van der Waals surface area contributed by atoms with Crippen molar-refractivity contribution < 1.29 is 31.9 Å². The lowest BCUT2D eigenvalue weighted by Crippen LogP contribution is -2.27. The third-order valence-corrected chi connectivity index (χ3v) is 5.32. The lowest BCUT2D eigenvalue weighted by Gasteiger charge is -2.20. The zero-order valence-corrected chi connectivity index (χ0v) is 18.4. The van der Waals surface area contributed by atoms with Crippen molar-refractivity contribution >= 4 is 33.4 Å². The Labute approximate surface area is 175 Å². The molecule has 0 atom stereocenters. The number of benzene rings is 1. The van der Waals surface area contributed by atoms with Crippen molar-refractivity contribution in [3.05, 3.63) is 36.1 Å². The standard InChI is InChI=1S/C19H25N3O7S/c1-19(2,3)29-18(24)21-13-8-7-12(11-15(13)27-6)20-17(23)14-9-10-16(28-14)30(25,26)22(4)5/h7-11H,1-6H3,(H,20,23)(H,21,24). The van der Waals surface area contributed by atoms with Gasteiger partial charge in [0.1, 0.15) is 11.4 Å². The normalized spacial score (nSPS) is 11.8. The van der Waals surface area contributed by atoms with E-state index >= 15 is 0 Å². The summed E-state index contributed by atoms with van der Waals surface area (Å²) in [6.07, 6.45) is -0.650. The first-order chi connectivity index (χ1) is 13.8. The largest absolute Gasteiger partial charge is 0.494 e. The maximum absolute atomic E-state index is 12.4. The van der Waals surface area contributed by atoms with Crippen LogP contribution in [0.2, 0.25) is 0 Å². The van der Waals surface area contributed by atoms with Crippen molar-refractivity contribution in [1.82, 2.24) is 4.31 Å². The molecule has 30 heavy (non-hydrogen) atoms. The van der Waals surface area contributed by atoms with Crippen molar-refractivity contribution in [2.75, 3.05) is 31.8 Å². The number of ether oxygens (including phenoxy) is 2. The second-order valence-electron chi connectivity index (χ2n) is 7.40. The highest BCUT2D eigenvalue weighted by Gasteiger charge is 2.24. The van der Waals surface area contributed by atoms with Gasteiger partial charge in [0.05, 0.1) is 12.8 Å². The van der Waals surface area contributed by atoms with Gasteiger partial charge in [0.25, 0.3) is 15.9 Å². The molecule has 0 unspecified atom stereocenters. The lowest BCUT2D eigenvalue weighted by atomic mass is 10.2. The number of sulfonamides is 1. The number of hydrogen-bond donors (Lipinski definition) is 2. The highest BCUT2D eigenvalue weighted by Crippen LogP contribution is 2.29. The Bertz CT molecular complexity index is 1040. The van der Waals surface area contributed by atoms with E-state index in [-0.39, 0.29) is 16.6 Å². The fraction of sp³-hybridized carbons (Fsp3) is 0.368. The summed E-state index contributed by atoms with van der Waals surface area (Å²) in [6.45, 7) is 5.23. The van der Waals surface area contributed by atoms with Gasteiger partial charge in [0, 0.05) is 25.8 Å². The minimum Gasteiger partial charge on any atom is -0.494 e. The van der Waals surface area contributed by atoms with E-state index < -0.39 is 27.6 Å². The molecule has 1 heterocycles. The first-order valence-electron chi connectivity index (χ1n) is 8.85. The smallest absolute Gasteiger partial charge is 0.412 e. The third-order valence-electron chi connectivity index (χ3n) is 3.64. The molecule has 1 aromatic heterocycles. The summed E-state index contributed by atoms with van der Waals surface area (Å²) in [4.78, 5) is 24.4. The van der Waals surface area contributed by atoms with Gasteiger partial charge in [0.15, 0.2) is 5.76 Å². The number of carbonyl (C=O) groups is 2. The summed E-state index contributed by atoms with van der Waals surface area (Å²) >= 11 is 0. The van der Waals surface area contributed by atoms with Gasteiger partial charge >= 0.3 is 6.09 Å². The Morgan fingerprint density at radius 3 is 2.30 bits per heavy atom. The van der Waals surface area contributed by atoms with Gasteiger partial charge in [-0.1, -0.05) is 0 Å². The first kappa shape index (κ1) is 23.2. The fourth-order valence-corrected chi connectivity index (χ4v) is 3.03. The molecular weight excluding hydrogens is 414 g/mol. The number of anilines is 2. The van der Waals surface area contributed by atoms with Crippen LogP contribution >= 0.6 is 0 Å². The average molecular weight is 439 g/mol. The van der Waals surface area contributed by atoms with E-state index in [1.807, 2.05) is 0 Å². The monoisotopic (exact) mass is 439 g/mol. The SMILES string of the molecule is COc1cc(NC(=O)c2ccc(S(=O)(=O)N(C)C)o2)ccc1NC(=O)OC(C)(C)C. The molecule has 10 nitrogen and oxygen atoms in total. The second kappa shape index (κ2) is 8.76. The van der Waals surface area contributed by atoms with Crippen molar-refractivity contribution in [2.24, 2.45) is 0 Å². The fourth-order valence-electron chi connectivity index (χ4n) is 2.24. The number of methoxy groups -OCH3 is 1. The summed E-state index contributed by atoms with van der Waals surface area (Å²) in [5, 5.41) is 4.81. The summed E-state index contributed by atoms with van der Waals surface area (Å²) in [7, 11) is 0.336. The molecule has 0 spiro atoms. The average Bonchev–Trinajstić information content (AvgIpc) is 3.12. The zero-order valence-electron chi connectivity index (χ0n) is 17.6. The summed E-state index contributed by atoms with van der Waals surface area (Å²) in [6, 6.07) is 7.03. The van der Waals surface area contributed by atoms with Crippen LogP contribution in [0, 0.1) is 0 Å². The minimum absolute atomic E-state index is 0.176. The third kappa shape index (κ3) is 5.74. The van der Waals surface area contributed by atoms with Gasteiger partial charge in [-0.2, -0.15) is 0 Å². The maximum Gasteiger partial charge on any atom is 0.412 e. The minimum atomic E-state index is -3.79. The molecule has 0 aliphatic rings. The molecule has 0 bridgehead atoms. The quantitative estimate of drug-likeness (QED) is 0.708. The summed E-state index contributed by atoms with van der Waals surface area (Å²) in [5.41, 5.74) is 0.0369. The zero-order chi connectivity index (χ0) is 22.7. The van der Waals surface area contributed by atoms with Gasteiger partial charge in [-0.3, -0.25) is 10.1 Å². The van der Waals surface area contributed by atoms with Gasteiger partial charge in [0.2, 0.25) is 5.09 Å². The van der Waals surface area contributed by atoms with Crippen molar-refractivity contribution in [3.63, 3.8) is 0 Å². The number of hydrogen-bond acceptors (Lipinski definition) is 7. The molecule has 0 radical (unpaired) electrons. The van der Waals surface area contributed by atoms with E-state index in [1.54, 1.807) is 20.8 Å². The van der Waals surface area contributed by atoms with E-state index in [2.05, 4.69) is 10.6 Å². The molecule has 2 rings (SSSR count). The predicted molar refractivity (Wildman–Crippen MR) is 110 cm³/mol. The van der Waals surface area contributed by atoms with Crippen molar-refractivity contribution in [3.8, 4) is 5.75 Å². The second-order valence-corrected chi connectivity index (χ2v) is 9.48. The van der Waals surface area contributed by atoms with Crippen molar-refractivity contribution in [1.29, 1.82) is 0 Å². The van der Waals surface area contributed by atoms with Crippen LogP contribution < -0.4 is 15.4 Å². The first-order valence-corrected chi connectivity index (χ1v) is 10.3. The van der Waals surface area contributed by atoms with Gasteiger partial charge in [-0.05, 0) is 45.0 Å². The lowest BCUT2D eigenvalue weighted by molar-refractivity contribution is 0.0635. The van der Waals surface area contributed by atoms with Gasteiger partial charge < -0.3 is 19.2 Å². The number of rotatable bonds is 6. The molecule has 1 aromatic carbocycles. The van der Waals surface area contributed by atoms with E-state index in [9.17, 15) is 18.0 Å². The number of amides is 2. The van der Waals surface area contributed by atoms with Crippen LogP contribution in [-0.4, -0.2) is 51.5 Å². The molecule has 2 N–H and O–H groups in total. The topological polar surface area (TPSA) is 127 Å². The molecule has 2 aromatic rings. The summed E-state index contributed by atoms with van der Waals surface area (Å²) < 4.78 is 40.7. The highest BCUT2D eigenvalue weighted by atomic mass is 32.2. The molecule has 0 aliphatic carbocycles. The molecule has 11 heteroatoms. The van der Waals surface area contributed by atoms with E-state index in [0.29, 0.717) is 11.4 Å². The van der Waals surface area contributed by atoms with Gasteiger partial charge in [-0.25, -0.2) is 17.5 Å². The van der Waals surface area contributed by atoms with Crippen LogP contribution in [-0.2, 0) is 14.8 Å². The van der Waals surface area contributed by atoms with Crippen LogP contribution in [0.1, 0.15) is 31.3 Å². The van der Waals surface area contributed by atoms with Crippen LogP contribution in [0.4, 0.5) is 16.2 Å². The van der Waals surface area contributed by atoms with E-state index in [0.717, 1.165) is 4.31 Å². The van der Waals surface area contributed by atoms with Crippen LogP contribution in [0.5, 0.6) is 5.75 Å². The molecule has 0 fully saturated rings. The molecular formula is C19H25N3O7S. The van der Waals surface area contributed by atoms with Crippen LogP contribution in [0.15, 0.2) is 39.8 Å². The maximum atomic E-state index is 12.4. The Morgan fingerprint density at radius 1 is 1.07 bits per heavy atom. The Balaban J connectivity index is 2.15. The highest BCUT2D eigenvalue weighted by molar-refractivity contribution is 7.88. The number of carbonyl (C=O) groups excluding carboxylic acids is 2. The van der Waals surface area contributed by atoms with E-state index in [1.165, 1.54) is 51.5 Å². The molecule has 0 saturated carbocycles. The molecule has 0 aliphatic heterocycles. The van der Waals surface area contributed by atoms with E-state index in [4.69, 9.17) is 13.9 Å². The Hall–Kier alpha value is -3.05. The summed E-state index contributed by atoms with van der Waals surface area (Å²) in [5.74, 6) is -0.538.